The van der Waals surface area contributed by atoms with E-state index in [9.17, 15) is 18.5 Å². The lowest BCUT2D eigenvalue weighted by Crippen LogP contribution is -2.35. The SMILES string of the molecule is CC(c1ccc2ccccc2c1)N(C1CC1)S(=O)(=O)c1ccccc1[N+](=O)[O-]. The number of sulfonamides is 1. The molecule has 4 rings (SSSR count). The molecule has 3 aromatic rings. The predicted octanol–water partition coefficient (Wildman–Crippen LogP) is 4.66. The number of hydrogen-bond acceptors (Lipinski definition) is 4. The van der Waals surface area contributed by atoms with Crippen LogP contribution in [0.25, 0.3) is 10.8 Å². The molecule has 1 fully saturated rings. The first-order chi connectivity index (χ1) is 13.4. The molecule has 0 saturated heterocycles. The van der Waals surface area contributed by atoms with Gasteiger partial charge in [-0.15, -0.1) is 0 Å². The van der Waals surface area contributed by atoms with Crippen LogP contribution >= 0.6 is 0 Å². The van der Waals surface area contributed by atoms with Crippen molar-refractivity contribution in [3.63, 3.8) is 0 Å². The zero-order valence-electron chi connectivity index (χ0n) is 15.4. The molecule has 1 aliphatic rings. The quantitative estimate of drug-likeness (QED) is 0.448. The first kappa shape index (κ1) is 18.6. The minimum absolute atomic E-state index is 0.133. The third-order valence-corrected chi connectivity index (χ3v) is 7.23. The Bertz CT molecular complexity index is 1160. The Morgan fingerprint density at radius 1 is 1.00 bits per heavy atom. The van der Waals surface area contributed by atoms with Crippen LogP contribution in [0.5, 0.6) is 0 Å². The van der Waals surface area contributed by atoms with E-state index in [2.05, 4.69) is 0 Å². The Morgan fingerprint density at radius 3 is 2.32 bits per heavy atom. The van der Waals surface area contributed by atoms with E-state index in [4.69, 9.17) is 0 Å². The largest absolute Gasteiger partial charge is 0.289 e. The lowest BCUT2D eigenvalue weighted by Gasteiger charge is -2.29. The van der Waals surface area contributed by atoms with Gasteiger partial charge in [0, 0.05) is 18.2 Å². The van der Waals surface area contributed by atoms with Crippen molar-refractivity contribution in [1.29, 1.82) is 0 Å². The van der Waals surface area contributed by atoms with Crippen LogP contribution < -0.4 is 0 Å². The minimum Gasteiger partial charge on any atom is -0.258 e. The van der Waals surface area contributed by atoms with Gasteiger partial charge in [0.1, 0.15) is 0 Å². The summed E-state index contributed by atoms with van der Waals surface area (Å²) in [5.41, 5.74) is 0.478. The Morgan fingerprint density at radius 2 is 1.64 bits per heavy atom. The third-order valence-electron chi connectivity index (χ3n) is 5.16. The number of rotatable bonds is 6. The van der Waals surface area contributed by atoms with Gasteiger partial charge in [-0.25, -0.2) is 8.42 Å². The summed E-state index contributed by atoms with van der Waals surface area (Å²) in [6.07, 6.45) is 1.52. The lowest BCUT2D eigenvalue weighted by molar-refractivity contribution is -0.387. The van der Waals surface area contributed by atoms with Crippen molar-refractivity contribution in [3.05, 3.63) is 82.4 Å². The molecule has 1 unspecified atom stereocenters. The molecule has 6 nitrogen and oxygen atoms in total. The molecule has 0 aliphatic heterocycles. The maximum atomic E-state index is 13.4. The maximum Gasteiger partial charge on any atom is 0.289 e. The molecule has 3 aromatic carbocycles. The van der Waals surface area contributed by atoms with Crippen LogP contribution in [0.4, 0.5) is 5.69 Å². The number of nitrogens with zero attached hydrogens (tertiary/aromatic N) is 2. The van der Waals surface area contributed by atoms with Crippen LogP contribution in [0.2, 0.25) is 0 Å². The van der Waals surface area contributed by atoms with E-state index >= 15 is 0 Å². The molecule has 0 N–H and O–H groups in total. The number of nitro groups is 1. The second kappa shape index (κ2) is 7.00. The summed E-state index contributed by atoms with van der Waals surface area (Å²) in [7, 11) is -4.02. The molecular formula is C21H20N2O4S. The molecule has 0 spiro atoms. The average Bonchev–Trinajstić information content (AvgIpc) is 3.52. The summed E-state index contributed by atoms with van der Waals surface area (Å²) in [6.45, 7) is 1.84. The molecule has 7 heteroatoms. The predicted molar refractivity (Wildman–Crippen MR) is 108 cm³/mol. The first-order valence-corrected chi connectivity index (χ1v) is 10.6. The molecule has 0 aromatic heterocycles. The van der Waals surface area contributed by atoms with Crippen LogP contribution in [0.3, 0.4) is 0 Å². The summed E-state index contributed by atoms with van der Waals surface area (Å²) >= 11 is 0. The molecule has 1 saturated carbocycles. The monoisotopic (exact) mass is 396 g/mol. The fourth-order valence-electron chi connectivity index (χ4n) is 3.60. The van der Waals surface area contributed by atoms with Gasteiger partial charge in [-0.1, -0.05) is 48.5 Å². The van der Waals surface area contributed by atoms with Crippen LogP contribution in [-0.4, -0.2) is 23.7 Å². The summed E-state index contributed by atoms with van der Waals surface area (Å²) in [4.78, 5) is 10.5. The molecule has 0 heterocycles. The van der Waals surface area contributed by atoms with Gasteiger partial charge in [0.05, 0.1) is 4.92 Å². The van der Waals surface area contributed by atoms with E-state index in [1.807, 2.05) is 49.4 Å². The highest BCUT2D eigenvalue weighted by Crippen LogP contribution is 2.41. The van der Waals surface area contributed by atoms with Crippen molar-refractivity contribution in [2.75, 3.05) is 0 Å². The fraction of sp³-hybridized carbons (Fsp3) is 0.238. The highest BCUT2D eigenvalue weighted by atomic mass is 32.2. The van der Waals surface area contributed by atoms with Crippen molar-refractivity contribution in [3.8, 4) is 0 Å². The first-order valence-electron chi connectivity index (χ1n) is 9.15. The third kappa shape index (κ3) is 3.27. The number of fused-ring (bicyclic) bond motifs is 1. The molecule has 0 bridgehead atoms. The molecule has 28 heavy (non-hydrogen) atoms. The lowest BCUT2D eigenvalue weighted by atomic mass is 10.0. The van der Waals surface area contributed by atoms with Crippen molar-refractivity contribution in [2.24, 2.45) is 0 Å². The maximum absolute atomic E-state index is 13.4. The van der Waals surface area contributed by atoms with E-state index < -0.39 is 21.0 Å². The van der Waals surface area contributed by atoms with Crippen LogP contribution in [0.1, 0.15) is 31.4 Å². The van der Waals surface area contributed by atoms with Crippen LogP contribution in [-0.2, 0) is 10.0 Å². The van der Waals surface area contributed by atoms with E-state index in [1.54, 1.807) is 0 Å². The number of benzene rings is 3. The van der Waals surface area contributed by atoms with Gasteiger partial charge >= 0.3 is 0 Å². The van der Waals surface area contributed by atoms with Crippen molar-refractivity contribution in [2.45, 2.75) is 36.7 Å². The fourth-order valence-corrected chi connectivity index (χ4v) is 5.63. The van der Waals surface area contributed by atoms with Crippen LogP contribution in [0, 0.1) is 10.1 Å². The summed E-state index contributed by atoms with van der Waals surface area (Å²) in [5, 5.41) is 13.5. The van der Waals surface area contributed by atoms with Crippen LogP contribution in [0.15, 0.2) is 71.6 Å². The molecule has 0 radical (unpaired) electrons. The van der Waals surface area contributed by atoms with E-state index in [-0.39, 0.29) is 16.6 Å². The molecule has 1 atom stereocenters. The van der Waals surface area contributed by atoms with E-state index in [0.717, 1.165) is 29.2 Å². The standard InChI is InChI=1S/C21H20N2O4S/c1-15(17-11-10-16-6-2-3-7-18(16)14-17)22(19-12-13-19)28(26,27)21-9-5-4-8-20(21)23(24)25/h2-11,14-15,19H,12-13H2,1H3. The second-order valence-corrected chi connectivity index (χ2v) is 8.89. The van der Waals surface area contributed by atoms with Gasteiger partial charge in [0.25, 0.3) is 15.7 Å². The normalized spacial score (nSPS) is 15.6. The van der Waals surface area contributed by atoms with E-state index in [1.165, 1.54) is 28.6 Å². The highest BCUT2D eigenvalue weighted by molar-refractivity contribution is 7.89. The molecule has 0 amide bonds. The highest BCUT2D eigenvalue weighted by Gasteiger charge is 2.43. The Kier molecular flexibility index (Phi) is 4.64. The summed E-state index contributed by atoms with van der Waals surface area (Å²) in [6, 6.07) is 18.8. The van der Waals surface area contributed by atoms with Crippen molar-refractivity contribution >= 4 is 26.5 Å². The van der Waals surface area contributed by atoms with Gasteiger partial charge in [-0.05, 0) is 48.2 Å². The Labute approximate surface area is 163 Å². The van der Waals surface area contributed by atoms with Gasteiger partial charge in [-0.2, -0.15) is 4.31 Å². The number of para-hydroxylation sites is 1. The minimum atomic E-state index is -4.02. The number of nitro benzene ring substituents is 1. The van der Waals surface area contributed by atoms with Crippen molar-refractivity contribution < 1.29 is 13.3 Å². The Balaban J connectivity index is 1.79. The van der Waals surface area contributed by atoms with Gasteiger partial charge in [-0.3, -0.25) is 10.1 Å². The van der Waals surface area contributed by atoms with Crippen molar-refractivity contribution in [1.82, 2.24) is 4.31 Å². The molecular weight excluding hydrogens is 376 g/mol. The average molecular weight is 396 g/mol. The van der Waals surface area contributed by atoms with Gasteiger partial charge < -0.3 is 0 Å². The second-order valence-electron chi connectivity index (χ2n) is 7.07. The van der Waals surface area contributed by atoms with Gasteiger partial charge in [0.15, 0.2) is 4.90 Å². The topological polar surface area (TPSA) is 80.5 Å². The van der Waals surface area contributed by atoms with E-state index in [0.29, 0.717) is 0 Å². The molecule has 1 aliphatic carbocycles. The Hall–Kier alpha value is -2.77. The molecule has 144 valence electrons. The zero-order valence-corrected chi connectivity index (χ0v) is 16.2. The summed E-state index contributed by atoms with van der Waals surface area (Å²) in [5.74, 6) is 0. The zero-order chi connectivity index (χ0) is 19.9. The van der Waals surface area contributed by atoms with Gasteiger partial charge in [0.2, 0.25) is 0 Å². The summed E-state index contributed by atoms with van der Waals surface area (Å²) < 4.78 is 28.3. The smallest absolute Gasteiger partial charge is 0.258 e. The number of hydrogen-bond donors (Lipinski definition) is 0.